The summed E-state index contributed by atoms with van der Waals surface area (Å²) in [5.74, 6) is 0.559. The molecule has 1 saturated carbocycles. The molecule has 1 aliphatic rings. The Kier molecular flexibility index (Phi) is 6.61. The van der Waals surface area contributed by atoms with E-state index < -0.39 is 15.6 Å². The van der Waals surface area contributed by atoms with Gasteiger partial charge in [0.25, 0.3) is 5.56 Å². The van der Waals surface area contributed by atoms with Crippen LogP contribution in [0, 0.1) is 0 Å². The van der Waals surface area contributed by atoms with E-state index in [2.05, 4.69) is 20.7 Å². The molecule has 3 aromatic rings. The minimum absolute atomic E-state index is 0.0406. The molecule has 33 heavy (non-hydrogen) atoms. The molecule has 0 bridgehead atoms. The second-order valence-electron chi connectivity index (χ2n) is 7.94. The van der Waals surface area contributed by atoms with Crippen molar-refractivity contribution < 1.29 is 13.2 Å². The molecule has 1 aromatic heterocycles. The van der Waals surface area contributed by atoms with E-state index in [-0.39, 0.29) is 28.1 Å². The first-order valence-corrected chi connectivity index (χ1v) is 12.3. The number of hydrogen-bond donors (Lipinski definition) is 5. The number of nitrogen functional groups attached to an aromatic ring is 1. The Bertz CT molecular complexity index is 1260. The third-order valence-electron chi connectivity index (χ3n) is 5.66. The van der Waals surface area contributed by atoms with Crippen LogP contribution in [0.3, 0.4) is 0 Å². The molecule has 0 spiro atoms. The van der Waals surface area contributed by atoms with Crippen molar-refractivity contribution >= 4 is 27.2 Å². The highest BCUT2D eigenvalue weighted by Gasteiger charge is 2.25. The fraction of sp³-hybridized carbons (Fsp3) is 0.318. The molecule has 0 amide bonds. The average Bonchev–Trinajstić information content (AvgIpc) is 3.11. The number of nitrogens with zero attached hydrogens (tertiary/aromatic N) is 1. The minimum atomic E-state index is -3.81. The first-order chi connectivity index (χ1) is 15.9. The quantitative estimate of drug-likeness (QED) is 0.317. The summed E-state index contributed by atoms with van der Waals surface area (Å²) in [5.41, 5.74) is 12.1. The van der Waals surface area contributed by atoms with Crippen molar-refractivity contribution in [1.82, 2.24) is 14.5 Å². The van der Waals surface area contributed by atoms with E-state index >= 15 is 0 Å². The van der Waals surface area contributed by atoms with E-state index in [0.717, 1.165) is 32.1 Å². The van der Waals surface area contributed by atoms with Crippen molar-refractivity contribution in [2.24, 2.45) is 0 Å². The Morgan fingerprint density at radius 2 is 1.79 bits per heavy atom. The van der Waals surface area contributed by atoms with Gasteiger partial charge in [0.05, 0.1) is 18.5 Å². The van der Waals surface area contributed by atoms with Gasteiger partial charge in [0.2, 0.25) is 10.0 Å². The van der Waals surface area contributed by atoms with Gasteiger partial charge in [-0.15, -0.1) is 0 Å². The van der Waals surface area contributed by atoms with Crippen LogP contribution in [-0.4, -0.2) is 31.3 Å². The monoisotopic (exact) mass is 472 g/mol. The summed E-state index contributed by atoms with van der Waals surface area (Å²) in [6, 6.07) is 13.5. The van der Waals surface area contributed by atoms with Crippen LogP contribution >= 0.6 is 0 Å². The van der Waals surface area contributed by atoms with Gasteiger partial charge in [-0.1, -0.05) is 37.5 Å². The third-order valence-corrected chi connectivity index (χ3v) is 7.24. The lowest BCUT2D eigenvalue weighted by atomic mass is 9.96. The molecule has 1 heterocycles. The molecule has 1 aliphatic carbocycles. The van der Waals surface area contributed by atoms with Gasteiger partial charge in [0.1, 0.15) is 16.5 Å². The molecular weight excluding hydrogens is 444 g/mol. The third kappa shape index (κ3) is 4.99. The van der Waals surface area contributed by atoms with Crippen molar-refractivity contribution in [2.75, 3.05) is 23.7 Å². The molecule has 2 aromatic carbocycles. The second-order valence-corrected chi connectivity index (χ2v) is 9.63. The number of rotatable bonds is 8. The van der Waals surface area contributed by atoms with Gasteiger partial charge in [-0.2, -0.15) is 0 Å². The smallest absolute Gasteiger partial charge is 0.298 e. The number of sulfonamides is 1. The van der Waals surface area contributed by atoms with Gasteiger partial charge >= 0.3 is 0 Å². The molecular formula is C22H28N6O4S. The molecule has 6 N–H and O–H groups in total. The number of methoxy groups -OCH3 is 1. The summed E-state index contributed by atoms with van der Waals surface area (Å²) in [5, 5.41) is 2.81. The van der Waals surface area contributed by atoms with Gasteiger partial charge in [-0.3, -0.25) is 20.7 Å². The number of nitrogens with two attached hydrogens (primary N) is 1. The van der Waals surface area contributed by atoms with Crippen LogP contribution in [0.4, 0.5) is 17.2 Å². The lowest BCUT2D eigenvalue weighted by Crippen LogP contribution is -2.36. The number of ether oxygens (including phenoxy) is 1. The van der Waals surface area contributed by atoms with Crippen LogP contribution in [0.25, 0.3) is 5.69 Å². The minimum Gasteiger partial charge on any atom is -0.497 e. The number of anilines is 3. The number of aromatic nitrogens is 2. The maximum Gasteiger partial charge on any atom is 0.298 e. The molecule has 0 aliphatic heterocycles. The molecule has 10 nitrogen and oxygen atoms in total. The van der Waals surface area contributed by atoms with Crippen LogP contribution in [-0.2, 0) is 10.0 Å². The highest BCUT2D eigenvalue weighted by Crippen LogP contribution is 2.28. The summed E-state index contributed by atoms with van der Waals surface area (Å²) in [6.45, 7) is 0. The summed E-state index contributed by atoms with van der Waals surface area (Å²) in [4.78, 5) is 12.9. The molecule has 0 unspecified atom stereocenters. The normalized spacial score (nSPS) is 14.7. The van der Waals surface area contributed by atoms with Crippen molar-refractivity contribution in [3.63, 3.8) is 0 Å². The topological polar surface area (TPSA) is 143 Å². The van der Waals surface area contributed by atoms with Crippen molar-refractivity contribution in [3.05, 3.63) is 58.9 Å². The Morgan fingerprint density at radius 1 is 1.06 bits per heavy atom. The van der Waals surface area contributed by atoms with Crippen LogP contribution in [0.1, 0.15) is 32.1 Å². The number of hydrazine groups is 1. The first-order valence-electron chi connectivity index (χ1n) is 10.8. The standard InChI is InChI=1S/C22H28N6O4S/c1-32-17-12-13-19(33(30,31)27-15-8-4-2-5-9-15)18(14-17)24-25-20-21(23)26-28(22(20)29)16-10-6-3-7-11-16/h3,6-7,10-15,24-27H,2,4-5,8-9,23H2,1H3. The largest absolute Gasteiger partial charge is 0.497 e. The zero-order chi connectivity index (χ0) is 23.4. The number of aromatic amines is 1. The zero-order valence-corrected chi connectivity index (χ0v) is 19.1. The van der Waals surface area contributed by atoms with E-state index in [0.29, 0.717) is 11.4 Å². The average molecular weight is 473 g/mol. The maximum atomic E-state index is 13.1. The molecule has 4 rings (SSSR count). The van der Waals surface area contributed by atoms with Gasteiger partial charge in [0, 0.05) is 12.1 Å². The Labute approximate surface area is 192 Å². The summed E-state index contributed by atoms with van der Waals surface area (Å²) >= 11 is 0. The van der Waals surface area contributed by atoms with Gasteiger partial charge < -0.3 is 10.5 Å². The van der Waals surface area contributed by atoms with E-state index in [1.807, 2.05) is 6.07 Å². The summed E-state index contributed by atoms with van der Waals surface area (Å²) < 4.78 is 35.6. The number of hydrogen-bond acceptors (Lipinski definition) is 7. The van der Waals surface area contributed by atoms with Crippen molar-refractivity contribution in [1.29, 1.82) is 0 Å². The summed E-state index contributed by atoms with van der Waals surface area (Å²) in [6.07, 6.45) is 4.76. The lowest BCUT2D eigenvalue weighted by molar-refractivity contribution is 0.411. The predicted octanol–water partition coefficient (Wildman–Crippen LogP) is 2.81. The Balaban J connectivity index is 1.61. The zero-order valence-electron chi connectivity index (χ0n) is 18.3. The SMILES string of the molecule is COc1ccc(S(=O)(=O)NC2CCCCC2)c(NNc2c(N)[nH]n(-c3ccccc3)c2=O)c1. The van der Waals surface area contributed by atoms with Gasteiger partial charge in [0.15, 0.2) is 5.69 Å². The molecule has 0 atom stereocenters. The Morgan fingerprint density at radius 3 is 2.48 bits per heavy atom. The van der Waals surface area contributed by atoms with E-state index in [9.17, 15) is 13.2 Å². The fourth-order valence-electron chi connectivity index (χ4n) is 3.94. The second kappa shape index (κ2) is 9.59. The first kappa shape index (κ1) is 22.7. The highest BCUT2D eigenvalue weighted by molar-refractivity contribution is 7.89. The number of benzene rings is 2. The van der Waals surface area contributed by atoms with Crippen LogP contribution in [0.15, 0.2) is 58.2 Å². The van der Waals surface area contributed by atoms with E-state index in [1.165, 1.54) is 17.9 Å². The highest BCUT2D eigenvalue weighted by atomic mass is 32.2. The fourth-order valence-corrected chi connectivity index (χ4v) is 5.38. The number of H-pyrrole nitrogens is 1. The number of nitrogens with one attached hydrogen (secondary N) is 4. The summed E-state index contributed by atoms with van der Waals surface area (Å²) in [7, 11) is -2.32. The molecule has 11 heteroatoms. The van der Waals surface area contributed by atoms with E-state index in [4.69, 9.17) is 10.5 Å². The molecule has 1 fully saturated rings. The predicted molar refractivity (Wildman–Crippen MR) is 128 cm³/mol. The molecule has 176 valence electrons. The van der Waals surface area contributed by atoms with Crippen molar-refractivity contribution in [3.8, 4) is 11.4 Å². The molecule has 0 saturated heterocycles. The number of para-hydroxylation sites is 1. The Hall–Kier alpha value is -3.44. The van der Waals surface area contributed by atoms with Crippen LogP contribution in [0.5, 0.6) is 5.75 Å². The molecule has 0 radical (unpaired) electrons. The van der Waals surface area contributed by atoms with E-state index in [1.54, 1.807) is 36.4 Å². The van der Waals surface area contributed by atoms with Crippen LogP contribution < -0.4 is 31.6 Å². The lowest BCUT2D eigenvalue weighted by Gasteiger charge is -2.23. The van der Waals surface area contributed by atoms with Gasteiger partial charge in [-0.05, 0) is 37.1 Å². The maximum absolute atomic E-state index is 13.1. The van der Waals surface area contributed by atoms with Gasteiger partial charge in [-0.25, -0.2) is 17.8 Å². The van der Waals surface area contributed by atoms with Crippen molar-refractivity contribution in [2.45, 2.75) is 43.0 Å². The van der Waals surface area contributed by atoms with Crippen LogP contribution in [0.2, 0.25) is 0 Å².